The predicted octanol–water partition coefficient (Wildman–Crippen LogP) is 4.64. The van der Waals surface area contributed by atoms with Gasteiger partial charge in [-0.25, -0.2) is 27.8 Å². The molecular formula is C28H34FN5O3S. The van der Waals surface area contributed by atoms with Gasteiger partial charge in [0.25, 0.3) is 0 Å². The molecule has 1 fully saturated rings. The number of benzene rings is 1. The minimum Gasteiger partial charge on any atom is -0.389 e. The molecule has 5 rings (SSSR count). The number of sulfone groups is 1. The second kappa shape index (κ2) is 9.89. The van der Waals surface area contributed by atoms with Gasteiger partial charge >= 0.3 is 0 Å². The number of nitrogens with one attached hydrogen (secondary N) is 1. The number of rotatable bonds is 7. The lowest BCUT2D eigenvalue weighted by Gasteiger charge is -2.41. The maximum absolute atomic E-state index is 14.7. The molecule has 10 heteroatoms. The van der Waals surface area contributed by atoms with Crippen LogP contribution in [0.2, 0.25) is 0 Å². The van der Waals surface area contributed by atoms with Crippen LogP contribution in [-0.4, -0.2) is 65.3 Å². The van der Waals surface area contributed by atoms with Crippen molar-refractivity contribution >= 4 is 43.5 Å². The molecule has 0 radical (unpaired) electrons. The average molecular weight is 540 g/mol. The van der Waals surface area contributed by atoms with E-state index in [0.29, 0.717) is 54.9 Å². The summed E-state index contributed by atoms with van der Waals surface area (Å²) >= 11 is 0. The quantitative estimate of drug-likeness (QED) is 0.447. The highest BCUT2D eigenvalue weighted by atomic mass is 32.2. The first-order chi connectivity index (χ1) is 17.9. The highest BCUT2D eigenvalue weighted by Gasteiger charge is 2.35. The lowest BCUT2D eigenvalue weighted by atomic mass is 9.86. The Labute approximate surface area is 222 Å². The van der Waals surface area contributed by atoms with Crippen molar-refractivity contribution in [3.8, 4) is 0 Å². The van der Waals surface area contributed by atoms with E-state index in [4.69, 9.17) is 0 Å². The highest BCUT2D eigenvalue weighted by molar-refractivity contribution is 7.90. The molecule has 0 spiro atoms. The molecule has 0 saturated carbocycles. The van der Waals surface area contributed by atoms with E-state index < -0.39 is 21.6 Å². The minimum atomic E-state index is -3.00. The highest BCUT2D eigenvalue weighted by Crippen LogP contribution is 2.37. The molecule has 8 nitrogen and oxygen atoms in total. The Kier molecular flexibility index (Phi) is 6.89. The van der Waals surface area contributed by atoms with Crippen LogP contribution >= 0.6 is 0 Å². The lowest BCUT2D eigenvalue weighted by Crippen LogP contribution is -2.49. The van der Waals surface area contributed by atoms with Gasteiger partial charge in [-0.2, -0.15) is 0 Å². The van der Waals surface area contributed by atoms with E-state index >= 15 is 0 Å². The summed E-state index contributed by atoms with van der Waals surface area (Å²) in [5.74, 6) is 2.25. The molecule has 1 aliphatic carbocycles. The number of pyridine rings is 1. The summed E-state index contributed by atoms with van der Waals surface area (Å²) in [7, 11) is -3.00. The number of aliphatic hydroxyl groups excluding tert-OH is 1. The third-order valence-electron chi connectivity index (χ3n) is 7.36. The topological polar surface area (TPSA) is 108 Å². The van der Waals surface area contributed by atoms with Crippen molar-refractivity contribution in [1.82, 2.24) is 15.0 Å². The van der Waals surface area contributed by atoms with E-state index in [2.05, 4.69) is 51.1 Å². The van der Waals surface area contributed by atoms with Gasteiger partial charge in [0.15, 0.2) is 11.5 Å². The van der Waals surface area contributed by atoms with Gasteiger partial charge in [-0.1, -0.05) is 19.9 Å². The Hall–Kier alpha value is -3.11. The van der Waals surface area contributed by atoms with Crippen LogP contribution in [-0.2, 0) is 9.84 Å². The molecule has 1 aromatic carbocycles. The molecule has 0 unspecified atom stereocenters. The fraction of sp³-hybridized carbons (Fsp3) is 0.464. The van der Waals surface area contributed by atoms with Gasteiger partial charge in [0.2, 0.25) is 0 Å². The summed E-state index contributed by atoms with van der Waals surface area (Å²) in [4.78, 5) is 15.8. The number of hydrogen-bond acceptors (Lipinski definition) is 8. The fourth-order valence-electron chi connectivity index (χ4n) is 5.37. The maximum Gasteiger partial charge on any atom is 0.157 e. The van der Waals surface area contributed by atoms with E-state index in [1.165, 1.54) is 24.8 Å². The zero-order chi connectivity index (χ0) is 27.2. The van der Waals surface area contributed by atoms with Crippen LogP contribution in [0.1, 0.15) is 50.9 Å². The zero-order valence-corrected chi connectivity index (χ0v) is 23.0. The Morgan fingerprint density at radius 3 is 2.63 bits per heavy atom. The van der Waals surface area contributed by atoms with Gasteiger partial charge in [0.1, 0.15) is 21.5 Å². The van der Waals surface area contributed by atoms with Crippen LogP contribution in [0.3, 0.4) is 0 Å². The number of nitrogens with zero attached hydrogens (tertiary/aromatic N) is 4. The van der Waals surface area contributed by atoms with Crippen molar-refractivity contribution in [3.63, 3.8) is 0 Å². The molecule has 3 heterocycles. The van der Waals surface area contributed by atoms with Crippen molar-refractivity contribution < 1.29 is 17.9 Å². The third kappa shape index (κ3) is 5.51. The molecule has 2 N–H and O–H groups in total. The van der Waals surface area contributed by atoms with Crippen molar-refractivity contribution in [1.29, 1.82) is 0 Å². The van der Waals surface area contributed by atoms with Gasteiger partial charge in [-0.3, -0.25) is 0 Å². The third-order valence-corrected chi connectivity index (χ3v) is 8.44. The number of aromatic nitrogens is 3. The van der Waals surface area contributed by atoms with E-state index in [0.717, 1.165) is 16.5 Å². The van der Waals surface area contributed by atoms with Crippen molar-refractivity contribution in [2.24, 2.45) is 5.92 Å². The minimum absolute atomic E-state index is 0.142. The molecule has 0 amide bonds. The summed E-state index contributed by atoms with van der Waals surface area (Å²) in [6, 6.07) is 7.99. The molecule has 2 aromatic heterocycles. The molecule has 2 atom stereocenters. The summed E-state index contributed by atoms with van der Waals surface area (Å²) in [5.41, 5.74) is 1.11. The number of fused-ring (bicyclic) bond motifs is 1. The first-order valence-corrected chi connectivity index (χ1v) is 15.0. The Morgan fingerprint density at radius 1 is 1.18 bits per heavy atom. The van der Waals surface area contributed by atoms with Crippen LogP contribution < -0.4 is 10.2 Å². The number of alkyl halides is 1. The number of halogens is 1. The molecule has 202 valence electrons. The van der Waals surface area contributed by atoms with Gasteiger partial charge in [-0.15, -0.1) is 0 Å². The molecular weight excluding hydrogens is 505 g/mol. The summed E-state index contributed by atoms with van der Waals surface area (Å²) in [5, 5.41) is 15.3. The number of allylic oxidation sites excluding steroid dienone is 1. The van der Waals surface area contributed by atoms with Crippen LogP contribution in [0.4, 0.5) is 21.7 Å². The standard InChI is InChI=1S/C28H34FN5O3S/c1-17(2)20-6-7-23(34-14-18(15-34)16-38(4,36)37)22-13-31-26(11-21(20)22)32-25-9-10-30-27(33-25)19-5-8-24(35)28(3,29)12-19/h6-7,9-13,17-18,24,35H,5,8,14-16H2,1-4H3,(H,30,31,32,33)/t24-,28+/m1/s1. The van der Waals surface area contributed by atoms with Gasteiger partial charge in [0, 0.05) is 48.7 Å². The summed E-state index contributed by atoms with van der Waals surface area (Å²) < 4.78 is 38.0. The Bertz CT molecular complexity index is 1500. The molecule has 1 aliphatic heterocycles. The van der Waals surface area contributed by atoms with E-state index in [9.17, 15) is 17.9 Å². The van der Waals surface area contributed by atoms with E-state index in [1.54, 1.807) is 12.3 Å². The first-order valence-electron chi connectivity index (χ1n) is 12.9. The summed E-state index contributed by atoms with van der Waals surface area (Å²) in [6.45, 7) is 7.08. The van der Waals surface area contributed by atoms with Crippen molar-refractivity contribution in [2.75, 3.05) is 35.3 Å². The smallest absolute Gasteiger partial charge is 0.157 e. The van der Waals surface area contributed by atoms with Crippen LogP contribution in [0.15, 0.2) is 42.7 Å². The predicted molar refractivity (Wildman–Crippen MR) is 149 cm³/mol. The number of hydrogen-bond donors (Lipinski definition) is 2. The maximum atomic E-state index is 14.7. The monoisotopic (exact) mass is 539 g/mol. The molecule has 38 heavy (non-hydrogen) atoms. The van der Waals surface area contributed by atoms with Crippen LogP contribution in [0.25, 0.3) is 16.3 Å². The fourth-order valence-corrected chi connectivity index (χ4v) is 6.44. The van der Waals surface area contributed by atoms with Crippen molar-refractivity contribution in [3.05, 3.63) is 54.1 Å². The van der Waals surface area contributed by atoms with Crippen LogP contribution in [0, 0.1) is 5.92 Å². The lowest BCUT2D eigenvalue weighted by molar-refractivity contribution is 0.0284. The van der Waals surface area contributed by atoms with Gasteiger partial charge in [-0.05, 0) is 66.5 Å². The largest absolute Gasteiger partial charge is 0.389 e. The van der Waals surface area contributed by atoms with Gasteiger partial charge < -0.3 is 15.3 Å². The average Bonchev–Trinajstić information content (AvgIpc) is 2.81. The second-order valence-corrected chi connectivity index (χ2v) is 13.3. The molecule has 0 bridgehead atoms. The van der Waals surface area contributed by atoms with E-state index in [-0.39, 0.29) is 11.7 Å². The Balaban J connectivity index is 1.42. The number of anilines is 3. The molecule has 2 aliphatic rings. The second-order valence-electron chi connectivity index (χ2n) is 11.1. The number of aliphatic hydroxyl groups is 1. The molecule has 3 aromatic rings. The van der Waals surface area contributed by atoms with E-state index in [1.807, 2.05) is 12.3 Å². The molecule has 1 saturated heterocycles. The van der Waals surface area contributed by atoms with Crippen LogP contribution in [0.5, 0.6) is 0 Å². The Morgan fingerprint density at radius 2 is 1.95 bits per heavy atom. The summed E-state index contributed by atoms with van der Waals surface area (Å²) in [6.07, 6.45) is 5.97. The van der Waals surface area contributed by atoms with Gasteiger partial charge in [0.05, 0.1) is 11.9 Å². The van der Waals surface area contributed by atoms with Crippen molar-refractivity contribution in [2.45, 2.75) is 51.3 Å². The SMILES string of the molecule is CC(C)c1ccc(N2CC(CS(C)(=O)=O)C2)c2cnc(Nc3ccnc(C4=C[C@](C)(F)[C@H](O)CC4)n3)cc12. The normalized spacial score (nSPS) is 22.4. The first kappa shape index (κ1) is 26.5. The zero-order valence-electron chi connectivity index (χ0n) is 22.1.